The third-order valence-corrected chi connectivity index (χ3v) is 4.79. The third-order valence-electron chi connectivity index (χ3n) is 4.79. The van der Waals surface area contributed by atoms with Crippen molar-refractivity contribution in [2.75, 3.05) is 0 Å². The maximum atomic E-state index is 12.8. The number of aliphatic hydroxyl groups excluding tert-OH is 1. The van der Waals surface area contributed by atoms with E-state index in [-0.39, 0.29) is 11.9 Å². The van der Waals surface area contributed by atoms with E-state index in [1.165, 1.54) is 0 Å². The number of hydrogen-bond acceptors (Lipinski definition) is 3. The van der Waals surface area contributed by atoms with Crippen LogP contribution in [-0.4, -0.2) is 17.1 Å². The van der Waals surface area contributed by atoms with Crippen molar-refractivity contribution in [1.29, 1.82) is 0 Å². The van der Waals surface area contributed by atoms with Crippen LogP contribution in [0.1, 0.15) is 50.0 Å². The number of nitrogens with one attached hydrogen (secondary N) is 1. The van der Waals surface area contributed by atoms with Gasteiger partial charge in [-0.25, -0.2) is 0 Å². The normalized spacial score (nSPS) is 18.7. The Bertz CT molecular complexity index is 632. The van der Waals surface area contributed by atoms with Crippen LogP contribution in [-0.2, 0) is 10.2 Å². The van der Waals surface area contributed by atoms with E-state index in [0.29, 0.717) is 12.2 Å². The predicted octanol–water partition coefficient (Wildman–Crippen LogP) is 3.33. The van der Waals surface area contributed by atoms with Gasteiger partial charge in [-0.15, -0.1) is 0 Å². The van der Waals surface area contributed by atoms with Gasteiger partial charge in [0.15, 0.2) is 0 Å². The highest BCUT2D eigenvalue weighted by atomic mass is 16.4. The molecule has 0 bridgehead atoms. The van der Waals surface area contributed by atoms with Gasteiger partial charge < -0.3 is 14.8 Å². The molecule has 2 N–H and O–H groups in total. The molecule has 23 heavy (non-hydrogen) atoms. The van der Waals surface area contributed by atoms with E-state index in [1.807, 2.05) is 37.3 Å². The van der Waals surface area contributed by atoms with Gasteiger partial charge in [-0.2, -0.15) is 0 Å². The number of amides is 1. The molecular weight excluding hydrogens is 290 g/mol. The second kappa shape index (κ2) is 6.59. The Morgan fingerprint density at radius 2 is 2.00 bits per heavy atom. The summed E-state index contributed by atoms with van der Waals surface area (Å²) < 4.78 is 5.21. The Morgan fingerprint density at radius 1 is 1.26 bits per heavy atom. The smallest absolute Gasteiger partial charge is 0.230 e. The second-order valence-corrected chi connectivity index (χ2v) is 6.44. The van der Waals surface area contributed by atoms with Crippen LogP contribution in [0, 0.1) is 0 Å². The Labute approximate surface area is 136 Å². The molecule has 1 heterocycles. The highest BCUT2D eigenvalue weighted by Crippen LogP contribution is 2.44. The predicted molar refractivity (Wildman–Crippen MR) is 87.9 cm³/mol. The zero-order valence-electron chi connectivity index (χ0n) is 13.4. The number of rotatable bonds is 6. The first kappa shape index (κ1) is 15.8. The van der Waals surface area contributed by atoms with E-state index in [9.17, 15) is 9.90 Å². The molecule has 0 spiro atoms. The van der Waals surface area contributed by atoms with Crippen LogP contribution in [0.25, 0.3) is 0 Å². The van der Waals surface area contributed by atoms with Crippen molar-refractivity contribution in [3.63, 3.8) is 0 Å². The highest BCUT2D eigenvalue weighted by molar-refractivity contribution is 5.89. The van der Waals surface area contributed by atoms with Gasteiger partial charge >= 0.3 is 0 Å². The van der Waals surface area contributed by atoms with Gasteiger partial charge in [-0.05, 0) is 37.5 Å². The molecule has 1 aliphatic carbocycles. The maximum Gasteiger partial charge on any atom is 0.230 e. The first-order chi connectivity index (χ1) is 11.1. The van der Waals surface area contributed by atoms with Gasteiger partial charge in [-0.1, -0.05) is 36.8 Å². The molecule has 4 heteroatoms. The summed E-state index contributed by atoms with van der Waals surface area (Å²) >= 11 is 0. The molecule has 1 saturated carbocycles. The number of hydrogen-bond donors (Lipinski definition) is 2. The summed E-state index contributed by atoms with van der Waals surface area (Å²) in [6.45, 7) is 1.92. The van der Waals surface area contributed by atoms with Gasteiger partial charge in [0.05, 0.1) is 11.7 Å². The molecule has 0 radical (unpaired) electrons. The lowest BCUT2D eigenvalue weighted by molar-refractivity contribution is -0.130. The highest BCUT2D eigenvalue weighted by Gasteiger charge is 2.45. The fraction of sp³-hybridized carbons (Fsp3) is 0.421. The van der Waals surface area contributed by atoms with Gasteiger partial charge in [0.25, 0.3) is 0 Å². The molecule has 0 aliphatic heterocycles. The van der Waals surface area contributed by atoms with Crippen LogP contribution in [0.5, 0.6) is 0 Å². The van der Waals surface area contributed by atoms with Gasteiger partial charge in [0, 0.05) is 12.5 Å². The molecule has 2 atom stereocenters. The molecule has 4 nitrogen and oxygen atoms in total. The zero-order chi connectivity index (χ0) is 16.3. The van der Waals surface area contributed by atoms with Crippen LogP contribution in [0.2, 0.25) is 0 Å². The Balaban J connectivity index is 1.64. The van der Waals surface area contributed by atoms with E-state index in [1.54, 1.807) is 18.4 Å². The third kappa shape index (κ3) is 3.17. The quantitative estimate of drug-likeness (QED) is 0.860. The largest absolute Gasteiger partial charge is 0.467 e. The SMILES string of the molecule is CC(CC(O)c1ccco1)NC(=O)C1(c2ccccc2)CCC1. The maximum absolute atomic E-state index is 12.8. The topological polar surface area (TPSA) is 62.5 Å². The van der Waals surface area contributed by atoms with E-state index in [0.717, 1.165) is 24.8 Å². The van der Waals surface area contributed by atoms with E-state index < -0.39 is 11.5 Å². The minimum atomic E-state index is -0.700. The summed E-state index contributed by atoms with van der Waals surface area (Å²) in [4.78, 5) is 12.8. The lowest BCUT2D eigenvalue weighted by Crippen LogP contribution is -2.51. The molecule has 1 amide bonds. The molecule has 0 saturated heterocycles. The summed E-state index contributed by atoms with van der Waals surface area (Å²) in [5, 5.41) is 13.2. The lowest BCUT2D eigenvalue weighted by atomic mass is 9.63. The second-order valence-electron chi connectivity index (χ2n) is 6.44. The number of furan rings is 1. The van der Waals surface area contributed by atoms with Gasteiger partial charge in [0.2, 0.25) is 5.91 Å². The number of carbonyl (C=O) groups excluding carboxylic acids is 1. The number of carbonyl (C=O) groups is 1. The molecule has 1 aromatic heterocycles. The molecule has 1 fully saturated rings. The van der Waals surface area contributed by atoms with Crippen molar-refractivity contribution in [2.45, 2.75) is 50.2 Å². The van der Waals surface area contributed by atoms with Crippen molar-refractivity contribution in [3.05, 3.63) is 60.1 Å². The van der Waals surface area contributed by atoms with Crippen molar-refractivity contribution in [1.82, 2.24) is 5.32 Å². The van der Waals surface area contributed by atoms with Crippen molar-refractivity contribution in [3.8, 4) is 0 Å². The summed E-state index contributed by atoms with van der Waals surface area (Å²) in [5.41, 5.74) is 0.688. The Hall–Kier alpha value is -2.07. The monoisotopic (exact) mass is 313 g/mol. The van der Waals surface area contributed by atoms with Crippen molar-refractivity contribution >= 4 is 5.91 Å². The fourth-order valence-corrected chi connectivity index (χ4v) is 3.29. The average molecular weight is 313 g/mol. The molecule has 2 unspecified atom stereocenters. The van der Waals surface area contributed by atoms with Crippen LogP contribution in [0.4, 0.5) is 0 Å². The molecule has 1 aromatic carbocycles. The number of aliphatic hydroxyl groups is 1. The van der Waals surface area contributed by atoms with Crippen LogP contribution in [0.3, 0.4) is 0 Å². The summed E-state index contributed by atoms with van der Waals surface area (Å²) in [6, 6.07) is 13.4. The fourth-order valence-electron chi connectivity index (χ4n) is 3.29. The molecule has 122 valence electrons. The summed E-state index contributed by atoms with van der Waals surface area (Å²) in [6.07, 6.45) is 4.12. The molecule has 3 rings (SSSR count). The minimum Gasteiger partial charge on any atom is -0.467 e. The van der Waals surface area contributed by atoms with E-state index in [2.05, 4.69) is 5.32 Å². The number of benzene rings is 1. The standard InChI is InChI=1S/C19H23NO3/c1-14(13-16(21)17-9-5-12-23-17)20-18(22)19(10-6-11-19)15-7-3-2-4-8-15/h2-5,7-9,12,14,16,21H,6,10-11,13H2,1H3,(H,20,22). The van der Waals surface area contributed by atoms with Crippen molar-refractivity contribution < 1.29 is 14.3 Å². The van der Waals surface area contributed by atoms with Crippen molar-refractivity contribution in [2.24, 2.45) is 0 Å². The Morgan fingerprint density at radius 3 is 2.57 bits per heavy atom. The van der Waals surface area contributed by atoms with E-state index >= 15 is 0 Å². The first-order valence-corrected chi connectivity index (χ1v) is 8.20. The zero-order valence-corrected chi connectivity index (χ0v) is 13.4. The Kier molecular flexibility index (Phi) is 4.53. The van der Waals surface area contributed by atoms with Gasteiger partial charge in [0.1, 0.15) is 11.9 Å². The summed E-state index contributed by atoms with van der Waals surface area (Å²) in [5.74, 6) is 0.599. The molecule has 2 aromatic rings. The molecular formula is C19H23NO3. The minimum absolute atomic E-state index is 0.0640. The average Bonchev–Trinajstić information content (AvgIpc) is 3.01. The van der Waals surface area contributed by atoms with E-state index in [4.69, 9.17) is 4.42 Å². The van der Waals surface area contributed by atoms with Gasteiger partial charge in [-0.3, -0.25) is 4.79 Å². The van der Waals surface area contributed by atoms with Crippen LogP contribution >= 0.6 is 0 Å². The lowest BCUT2D eigenvalue weighted by Gasteiger charge is -2.41. The first-order valence-electron chi connectivity index (χ1n) is 8.20. The van der Waals surface area contributed by atoms with Crippen LogP contribution < -0.4 is 5.32 Å². The molecule has 1 aliphatic rings. The van der Waals surface area contributed by atoms with Crippen LogP contribution in [0.15, 0.2) is 53.1 Å². The summed E-state index contributed by atoms with van der Waals surface area (Å²) in [7, 11) is 0.